The van der Waals surface area contributed by atoms with Crippen LogP contribution in [0.3, 0.4) is 0 Å². The summed E-state index contributed by atoms with van der Waals surface area (Å²) in [5.74, 6) is 2.34. The van der Waals surface area contributed by atoms with Crippen molar-refractivity contribution in [2.24, 2.45) is 0 Å². The lowest BCUT2D eigenvalue weighted by atomic mass is 9.78. The van der Waals surface area contributed by atoms with Gasteiger partial charge in [0.05, 0.1) is 28.4 Å². The fourth-order valence-corrected chi connectivity index (χ4v) is 7.06. The van der Waals surface area contributed by atoms with E-state index in [2.05, 4.69) is 145 Å². The van der Waals surface area contributed by atoms with Crippen LogP contribution in [0.4, 0.5) is 0 Å². The Balaban J connectivity index is 1.18. The highest BCUT2D eigenvalue weighted by molar-refractivity contribution is 6.10. The predicted molar refractivity (Wildman–Crippen MR) is 204 cm³/mol. The van der Waals surface area contributed by atoms with Crippen LogP contribution in [0, 0.1) is 0 Å². The summed E-state index contributed by atoms with van der Waals surface area (Å²) in [5.41, 5.74) is 8.71. The standard InChI is InChI=1S/C45H34N4O/c1-45(2,34-15-7-4-8-16-34)35-24-25-46-44(27-35)48-42-23-20-32(31-12-5-3-6-13-31)26-40(42)39-22-21-38(29-43(39)48)50-37-18-11-17-36(28-37)49-41-19-10-9-14-33(41)30-47-49/h3-30H,1-2H3. The molecule has 0 saturated heterocycles. The van der Waals surface area contributed by atoms with Crippen molar-refractivity contribution >= 4 is 32.7 Å². The van der Waals surface area contributed by atoms with Crippen molar-refractivity contribution in [1.29, 1.82) is 0 Å². The lowest BCUT2D eigenvalue weighted by Crippen LogP contribution is -2.19. The van der Waals surface area contributed by atoms with E-state index in [-0.39, 0.29) is 5.41 Å². The Bertz CT molecular complexity index is 2650. The molecule has 5 nitrogen and oxygen atoms in total. The zero-order valence-electron chi connectivity index (χ0n) is 27.9. The van der Waals surface area contributed by atoms with Crippen molar-refractivity contribution in [3.8, 4) is 34.1 Å². The fourth-order valence-electron chi connectivity index (χ4n) is 7.06. The van der Waals surface area contributed by atoms with Crippen LogP contribution in [-0.4, -0.2) is 19.3 Å². The maximum atomic E-state index is 6.58. The van der Waals surface area contributed by atoms with Crippen molar-refractivity contribution in [2.75, 3.05) is 0 Å². The van der Waals surface area contributed by atoms with Gasteiger partial charge in [0.2, 0.25) is 0 Å². The van der Waals surface area contributed by atoms with Crippen molar-refractivity contribution in [2.45, 2.75) is 19.3 Å². The lowest BCUT2D eigenvalue weighted by molar-refractivity contribution is 0.483. The quantitative estimate of drug-likeness (QED) is 0.173. The SMILES string of the molecule is CC(C)(c1ccccc1)c1ccnc(-n2c3ccc(-c4ccccc4)cc3c3ccc(Oc4cccc(-n5ncc6ccccc65)c4)cc32)c1. The molecule has 50 heavy (non-hydrogen) atoms. The summed E-state index contributed by atoms with van der Waals surface area (Å²) in [4.78, 5) is 4.96. The molecular formula is C45H34N4O. The Kier molecular flexibility index (Phi) is 7.06. The Hall–Kier alpha value is -6.46. The van der Waals surface area contributed by atoms with Crippen molar-refractivity contribution in [3.63, 3.8) is 0 Å². The zero-order chi connectivity index (χ0) is 33.7. The number of pyridine rings is 1. The summed E-state index contributed by atoms with van der Waals surface area (Å²) in [6, 6.07) is 54.9. The van der Waals surface area contributed by atoms with Gasteiger partial charge >= 0.3 is 0 Å². The molecule has 9 rings (SSSR count). The van der Waals surface area contributed by atoms with Crippen LogP contribution < -0.4 is 4.74 Å². The molecule has 0 N–H and O–H groups in total. The highest BCUT2D eigenvalue weighted by Gasteiger charge is 2.24. The third-order valence-electron chi connectivity index (χ3n) is 9.81. The topological polar surface area (TPSA) is 44.9 Å². The van der Waals surface area contributed by atoms with Gasteiger partial charge in [0.15, 0.2) is 0 Å². The monoisotopic (exact) mass is 646 g/mol. The second kappa shape index (κ2) is 11.9. The minimum atomic E-state index is -0.211. The number of nitrogens with zero attached hydrogens (tertiary/aromatic N) is 4. The molecule has 0 bridgehead atoms. The molecular weight excluding hydrogens is 613 g/mol. The molecule has 3 aromatic heterocycles. The summed E-state index contributed by atoms with van der Waals surface area (Å²) in [7, 11) is 0. The first-order valence-corrected chi connectivity index (χ1v) is 16.9. The molecule has 0 aliphatic rings. The molecule has 3 heterocycles. The van der Waals surface area contributed by atoms with E-state index in [1.165, 1.54) is 22.3 Å². The summed E-state index contributed by atoms with van der Waals surface area (Å²) < 4.78 is 10.8. The molecule has 0 aliphatic carbocycles. The van der Waals surface area contributed by atoms with Gasteiger partial charge in [0.25, 0.3) is 0 Å². The molecule has 0 aliphatic heterocycles. The molecule has 0 fully saturated rings. The first kappa shape index (κ1) is 29.7. The summed E-state index contributed by atoms with van der Waals surface area (Å²) in [5, 5.41) is 8.04. The van der Waals surface area contributed by atoms with E-state index in [4.69, 9.17) is 9.72 Å². The van der Waals surface area contributed by atoms with Crippen molar-refractivity contribution in [1.82, 2.24) is 19.3 Å². The molecule has 0 unspecified atom stereocenters. The number of benzene rings is 6. The normalized spacial score (nSPS) is 11.8. The minimum absolute atomic E-state index is 0.211. The van der Waals surface area contributed by atoms with E-state index < -0.39 is 0 Å². The molecule has 0 radical (unpaired) electrons. The fraction of sp³-hybridized carbons (Fsp3) is 0.0667. The first-order valence-electron chi connectivity index (χ1n) is 16.9. The van der Waals surface area contributed by atoms with Crippen LogP contribution in [0.25, 0.3) is 55.3 Å². The molecule has 5 heteroatoms. The second-order valence-corrected chi connectivity index (χ2v) is 13.2. The number of para-hydroxylation sites is 1. The second-order valence-electron chi connectivity index (χ2n) is 13.2. The van der Waals surface area contributed by atoms with Gasteiger partial charge in [0.1, 0.15) is 17.3 Å². The van der Waals surface area contributed by atoms with Crippen LogP contribution in [0.5, 0.6) is 11.5 Å². The van der Waals surface area contributed by atoms with Crippen LogP contribution >= 0.6 is 0 Å². The van der Waals surface area contributed by atoms with E-state index in [1.807, 2.05) is 53.5 Å². The summed E-state index contributed by atoms with van der Waals surface area (Å²) in [6.07, 6.45) is 3.82. The van der Waals surface area contributed by atoms with Gasteiger partial charge < -0.3 is 4.74 Å². The largest absolute Gasteiger partial charge is 0.457 e. The Morgan fingerprint density at radius 2 is 1.32 bits per heavy atom. The third-order valence-corrected chi connectivity index (χ3v) is 9.81. The van der Waals surface area contributed by atoms with Crippen molar-refractivity contribution in [3.05, 3.63) is 181 Å². The van der Waals surface area contributed by atoms with Crippen LogP contribution in [-0.2, 0) is 5.41 Å². The minimum Gasteiger partial charge on any atom is -0.457 e. The van der Waals surface area contributed by atoms with Crippen LogP contribution in [0.15, 0.2) is 170 Å². The number of rotatable bonds is 7. The molecule has 240 valence electrons. The number of fused-ring (bicyclic) bond motifs is 4. The average Bonchev–Trinajstić information content (AvgIpc) is 3.75. The highest BCUT2D eigenvalue weighted by Crippen LogP contribution is 2.39. The molecule has 0 amide bonds. The number of hydrogen-bond donors (Lipinski definition) is 0. The van der Waals surface area contributed by atoms with Gasteiger partial charge in [-0.1, -0.05) is 105 Å². The lowest BCUT2D eigenvalue weighted by Gasteiger charge is -2.26. The Labute approximate surface area is 290 Å². The van der Waals surface area contributed by atoms with Gasteiger partial charge in [-0.2, -0.15) is 5.10 Å². The average molecular weight is 647 g/mol. The van der Waals surface area contributed by atoms with Gasteiger partial charge in [-0.05, 0) is 76.9 Å². The van der Waals surface area contributed by atoms with Gasteiger partial charge in [-0.15, -0.1) is 0 Å². The van der Waals surface area contributed by atoms with Gasteiger partial charge in [-0.3, -0.25) is 4.57 Å². The van der Waals surface area contributed by atoms with Crippen LogP contribution in [0.2, 0.25) is 0 Å². The first-order chi connectivity index (χ1) is 24.5. The maximum Gasteiger partial charge on any atom is 0.137 e. The maximum absolute atomic E-state index is 6.58. The Morgan fingerprint density at radius 3 is 2.18 bits per heavy atom. The van der Waals surface area contributed by atoms with Gasteiger partial charge in [0, 0.05) is 39.9 Å². The molecule has 0 atom stereocenters. The zero-order valence-corrected chi connectivity index (χ0v) is 27.9. The molecule has 9 aromatic rings. The molecule has 0 spiro atoms. The molecule has 6 aromatic carbocycles. The predicted octanol–water partition coefficient (Wildman–Crippen LogP) is 11.3. The summed E-state index contributed by atoms with van der Waals surface area (Å²) in [6.45, 7) is 4.54. The van der Waals surface area contributed by atoms with E-state index in [9.17, 15) is 0 Å². The number of ether oxygens (including phenoxy) is 1. The number of aromatic nitrogens is 4. The Morgan fingerprint density at radius 1 is 0.540 bits per heavy atom. The van der Waals surface area contributed by atoms with E-state index in [1.54, 1.807) is 0 Å². The van der Waals surface area contributed by atoms with Gasteiger partial charge in [-0.25, -0.2) is 9.67 Å². The van der Waals surface area contributed by atoms with E-state index in [0.29, 0.717) is 0 Å². The van der Waals surface area contributed by atoms with Crippen molar-refractivity contribution < 1.29 is 4.74 Å². The van der Waals surface area contributed by atoms with E-state index in [0.717, 1.165) is 55.7 Å². The third kappa shape index (κ3) is 5.11. The van der Waals surface area contributed by atoms with Crippen LogP contribution in [0.1, 0.15) is 25.0 Å². The number of hydrogen-bond acceptors (Lipinski definition) is 3. The summed E-state index contributed by atoms with van der Waals surface area (Å²) >= 11 is 0. The highest BCUT2D eigenvalue weighted by atomic mass is 16.5. The molecule has 0 saturated carbocycles. The smallest absolute Gasteiger partial charge is 0.137 e. The van der Waals surface area contributed by atoms with E-state index >= 15 is 0 Å².